The molecule has 0 bridgehead atoms. The zero-order chi connectivity index (χ0) is 61.4. The van der Waals surface area contributed by atoms with Crippen LogP contribution in [-0.2, 0) is 90.7 Å². The Balaban J connectivity index is 0.742. The van der Waals surface area contributed by atoms with Crippen molar-refractivity contribution < 1.29 is 116 Å². The van der Waals surface area contributed by atoms with Crippen molar-refractivity contribution in [3.8, 4) is 0 Å². The molecule has 0 aromatic rings. The first-order valence-corrected chi connectivity index (χ1v) is 33.3. The molecule has 0 saturated carbocycles. The molecular weight excluding hydrogens is 1170 g/mol. The number of hydrogen-bond acceptors (Lipinski definition) is 23. The second kappa shape index (κ2) is 23.5. The fraction of sp³-hybridized carbons (Fsp3) is 0.864. The van der Waals surface area contributed by atoms with Crippen LogP contribution in [0, 0.1) is 5.92 Å². The van der Waals surface area contributed by atoms with E-state index in [1.165, 1.54) is 6.92 Å². The van der Waals surface area contributed by atoms with E-state index in [4.69, 9.17) is 65.8 Å². The summed E-state index contributed by atoms with van der Waals surface area (Å²) >= 11 is 0. The average Bonchev–Trinajstić information content (AvgIpc) is 1.12. The smallest absolute Gasteiger partial charge is 0.394 e. The largest absolute Gasteiger partial charge is 0.397 e. The van der Waals surface area contributed by atoms with E-state index in [9.17, 15) is 46.4 Å². The molecule has 0 aromatic heterocycles. The van der Waals surface area contributed by atoms with Crippen LogP contribution < -0.4 is 0 Å². The molecule has 0 amide bonds. The Kier molecular flexibility index (Phi) is 17.6. The highest BCUT2D eigenvalue weighted by atomic mass is 32.3. The minimum Gasteiger partial charge on any atom is -0.394 e. The highest BCUT2D eigenvalue weighted by Crippen LogP contribution is 2.55. The van der Waals surface area contributed by atoms with Gasteiger partial charge in [0.2, 0.25) is 0 Å². The van der Waals surface area contributed by atoms with Gasteiger partial charge in [-0.15, -0.1) is 6.58 Å². The summed E-state index contributed by atoms with van der Waals surface area (Å²) in [6.07, 6.45) is -6.58. The molecule has 12 heterocycles. The van der Waals surface area contributed by atoms with E-state index < -0.39 is 184 Å². The molecule has 30 atom stereocenters. The molecule has 12 rings (SSSR count). The lowest BCUT2D eigenvalue weighted by molar-refractivity contribution is -0.382. The predicted molar refractivity (Wildman–Crippen MR) is 298 cm³/mol. The predicted octanol–water partition coefficient (Wildman–Crippen LogP) is 3.13. The Morgan fingerprint density at radius 2 is 1.31 bits per heavy atom. The van der Waals surface area contributed by atoms with Gasteiger partial charge >= 0.3 is 20.8 Å². The number of aliphatic hydroxyl groups is 4. The summed E-state index contributed by atoms with van der Waals surface area (Å²) in [4.78, 5) is 0. The standard InChI is InChI=1S/C59H88O25S2/c1-10-11-28(2)12-14-55(5,63)52-29(3)18-39-38(77-52)24-47-59(9,82-39)53(80-54-49(62)48(61)43(27-60)78-54)51-42(76-47)22-41-50(79-51)30(4)26-58(8)45(75-41)25-44-57(7,84-58)15-13-31-32(74-44)19-34-33(71-31)20-35-36(72-34)21-40-37(73-35)23-46(83-86(67,68)69)56(6,81-40)16-17-70-85(64,65)66/h10,12,14,30-54,60-63H,1-3,11,13,15-27H2,4-9H3,(H,64,65,66)(H,67,68,69)/b14-12+/t30-,31-,32+,33+,34-,35-,36+,37+,38+,39-,40-,41-,42+,43-,44-,45+,46-,47-,48-,49+,50+,51+,52-,53+,54+,55+,56+,57+,58-,59-/m0/s1. The summed E-state index contributed by atoms with van der Waals surface area (Å²) in [5.74, 6) is -0.123. The summed E-state index contributed by atoms with van der Waals surface area (Å²) in [6, 6.07) is 0. The van der Waals surface area contributed by atoms with Gasteiger partial charge in [0, 0.05) is 51.4 Å². The Bertz CT molecular complexity index is 2800. The van der Waals surface area contributed by atoms with Gasteiger partial charge in [-0.05, 0) is 78.2 Å². The Labute approximate surface area is 503 Å². The van der Waals surface area contributed by atoms with E-state index in [0.29, 0.717) is 76.2 Å². The lowest BCUT2D eigenvalue weighted by atomic mass is 9.73. The second-order valence-corrected chi connectivity index (χ2v) is 29.6. The molecule has 27 heteroatoms. The Morgan fingerprint density at radius 3 is 1.98 bits per heavy atom. The van der Waals surface area contributed by atoms with Crippen molar-refractivity contribution in [1.82, 2.24) is 0 Å². The first kappa shape index (κ1) is 64.1. The number of rotatable bonds is 14. The van der Waals surface area contributed by atoms with Crippen LogP contribution in [0.4, 0.5) is 0 Å². The van der Waals surface area contributed by atoms with Crippen molar-refractivity contribution >= 4 is 20.8 Å². The van der Waals surface area contributed by atoms with Crippen LogP contribution in [0.3, 0.4) is 0 Å². The zero-order valence-electron chi connectivity index (χ0n) is 49.7. The van der Waals surface area contributed by atoms with Crippen molar-refractivity contribution in [1.29, 1.82) is 0 Å². The SMILES string of the molecule is C=CCC(=C)/C=C/[C@@](C)(O)[C@H]1O[C@@H]2C[C@@H]3O[C@@H]4C[C@@H]5O[C@@H]6C[C@@H]7O[C@@H]8C[C@@H]9O[C@@H]%10C[C@@H]%11O[C@](C)(CCOS(=O)(=O)O)[C@@H](OS(=O)(=O)O)C[C@H]%11O[C@H]%10C[C@H]9O[C@H]8CC[C@@]7(C)O[C@@]6(C)C[C@H](C)[C@H]5O[C@H]4[C@@H](O[C@H]4O[C@@H](CO)[C@H](O)[C@H]4O)[C@@]3(C)O[C@H]2CC1=C. The topological polar surface area (TPSA) is 328 Å². The molecule has 12 fully saturated rings. The molecule has 0 aliphatic carbocycles. The average molecular weight is 1260 g/mol. The number of ether oxygens (including phenoxy) is 13. The van der Waals surface area contributed by atoms with E-state index >= 15 is 0 Å². The molecule has 12 aliphatic rings. The molecule has 0 unspecified atom stereocenters. The fourth-order valence-corrected chi connectivity index (χ4v) is 17.5. The highest BCUT2D eigenvalue weighted by molar-refractivity contribution is 7.81. The lowest BCUT2D eigenvalue weighted by Gasteiger charge is -2.60. The fourth-order valence-electron chi connectivity index (χ4n) is 16.6. The maximum atomic E-state index is 12.0. The minimum absolute atomic E-state index is 0.0178. The van der Waals surface area contributed by atoms with Crippen molar-refractivity contribution in [2.75, 3.05) is 13.2 Å². The molecule has 0 spiro atoms. The molecular formula is C59H88O25S2. The van der Waals surface area contributed by atoms with Gasteiger partial charge in [0.05, 0.1) is 128 Å². The maximum absolute atomic E-state index is 12.0. The number of aliphatic hydroxyl groups excluding tert-OH is 3. The third-order valence-electron chi connectivity index (χ3n) is 21.0. The van der Waals surface area contributed by atoms with E-state index in [1.54, 1.807) is 25.2 Å². The van der Waals surface area contributed by atoms with Crippen LogP contribution in [0.2, 0.25) is 0 Å². The number of fused-ring (bicyclic) bond motifs is 10. The van der Waals surface area contributed by atoms with Gasteiger partial charge < -0.3 is 82.0 Å². The Morgan fingerprint density at radius 1 is 0.709 bits per heavy atom. The summed E-state index contributed by atoms with van der Waals surface area (Å²) < 4.78 is 165. The van der Waals surface area contributed by atoms with E-state index in [0.717, 1.165) is 5.57 Å². The first-order valence-electron chi connectivity index (χ1n) is 30.6. The summed E-state index contributed by atoms with van der Waals surface area (Å²) in [5, 5.41) is 44.1. The lowest BCUT2D eigenvalue weighted by Crippen LogP contribution is -2.74. The summed E-state index contributed by atoms with van der Waals surface area (Å²) in [7, 11) is -9.78. The van der Waals surface area contributed by atoms with Gasteiger partial charge in [0.25, 0.3) is 0 Å². The third-order valence-corrected chi connectivity index (χ3v) is 21.9. The molecule has 12 aliphatic heterocycles. The van der Waals surface area contributed by atoms with Crippen molar-refractivity contribution in [3.05, 3.63) is 49.1 Å². The molecule has 86 heavy (non-hydrogen) atoms. The minimum atomic E-state index is -4.97. The van der Waals surface area contributed by atoms with E-state index in [-0.39, 0.29) is 43.2 Å². The molecule has 25 nitrogen and oxygen atoms in total. The van der Waals surface area contributed by atoms with Crippen LogP contribution in [-0.4, -0.2) is 234 Å². The van der Waals surface area contributed by atoms with Crippen LogP contribution in [0.15, 0.2) is 49.1 Å². The van der Waals surface area contributed by atoms with Crippen molar-refractivity contribution in [3.63, 3.8) is 0 Å². The number of hydrogen-bond donors (Lipinski definition) is 6. The molecule has 0 radical (unpaired) electrons. The van der Waals surface area contributed by atoms with Gasteiger partial charge in [-0.3, -0.25) is 9.11 Å². The van der Waals surface area contributed by atoms with Gasteiger partial charge in [-0.2, -0.15) is 16.8 Å². The summed E-state index contributed by atoms with van der Waals surface area (Å²) in [6.45, 7) is 22.5. The first-order chi connectivity index (χ1) is 40.4. The third kappa shape index (κ3) is 12.3. The van der Waals surface area contributed by atoms with Crippen LogP contribution in [0.1, 0.15) is 125 Å². The monoisotopic (exact) mass is 1260 g/mol. The van der Waals surface area contributed by atoms with Crippen LogP contribution in [0.25, 0.3) is 0 Å². The van der Waals surface area contributed by atoms with Gasteiger partial charge in [0.1, 0.15) is 53.9 Å². The van der Waals surface area contributed by atoms with Gasteiger partial charge in [-0.25, -0.2) is 8.37 Å². The quantitative estimate of drug-likeness (QED) is 0.0826. The van der Waals surface area contributed by atoms with Crippen molar-refractivity contribution in [2.24, 2.45) is 5.92 Å². The van der Waals surface area contributed by atoms with Gasteiger partial charge in [0.15, 0.2) is 6.29 Å². The van der Waals surface area contributed by atoms with E-state index in [1.807, 2.05) is 6.92 Å². The molecule has 12 saturated heterocycles. The van der Waals surface area contributed by atoms with Crippen molar-refractivity contribution in [2.45, 2.75) is 300 Å². The second-order valence-electron chi connectivity index (χ2n) is 27.5. The molecule has 486 valence electrons. The molecule has 6 N–H and O–H groups in total. The number of allylic oxidation sites excluding steroid dienone is 3. The normalized spacial score (nSPS) is 51.6. The van der Waals surface area contributed by atoms with Crippen LogP contribution >= 0.6 is 0 Å². The van der Waals surface area contributed by atoms with Gasteiger partial charge in [-0.1, -0.05) is 43.9 Å². The summed E-state index contributed by atoms with van der Waals surface area (Å²) in [5.41, 5.74) is -4.27. The Hall–Kier alpha value is -1.98. The van der Waals surface area contributed by atoms with E-state index in [2.05, 4.69) is 44.7 Å². The van der Waals surface area contributed by atoms with Crippen LogP contribution in [0.5, 0.6) is 0 Å². The maximum Gasteiger partial charge on any atom is 0.397 e. The zero-order valence-corrected chi connectivity index (χ0v) is 51.3. The molecule has 0 aromatic carbocycles. The highest BCUT2D eigenvalue weighted by Gasteiger charge is 2.67.